The molecule has 0 heterocycles. The van der Waals surface area contributed by atoms with Crippen molar-refractivity contribution in [1.82, 2.24) is 0 Å². The molecule has 0 aliphatic heterocycles. The number of esters is 1. The molecular weight excluding hydrogens is 402 g/mol. The molecule has 0 radical (unpaired) electrons. The molecular formula is C20H31F6O3-. The minimum Gasteiger partial charge on any atom is -0.828 e. The van der Waals surface area contributed by atoms with Gasteiger partial charge >= 0.3 is 18.3 Å². The lowest BCUT2D eigenvalue weighted by molar-refractivity contribution is -0.574. The second-order valence-electron chi connectivity index (χ2n) is 7.13. The summed E-state index contributed by atoms with van der Waals surface area (Å²) in [6.07, 6.45) is 1.83. The Morgan fingerprint density at radius 2 is 1.07 bits per heavy atom. The standard InChI is InChI=1S/C20H31F6O3/c1-2-3-4-5-6-7-8-9-10-11-12-13-14-15-16-29-17(27)18(28,19(21,22)23)20(24,25)26/h2H,1,3-16H2/q-1. The van der Waals surface area contributed by atoms with Gasteiger partial charge in [0, 0.05) is 0 Å². The third kappa shape index (κ3) is 10.4. The van der Waals surface area contributed by atoms with E-state index in [0.717, 1.165) is 38.5 Å². The summed E-state index contributed by atoms with van der Waals surface area (Å²) in [7, 11) is 0. The second-order valence-corrected chi connectivity index (χ2v) is 7.13. The van der Waals surface area contributed by atoms with E-state index >= 15 is 0 Å². The van der Waals surface area contributed by atoms with E-state index in [1.54, 1.807) is 0 Å². The normalized spacial score (nSPS) is 12.8. The van der Waals surface area contributed by atoms with Gasteiger partial charge in [-0.3, -0.25) is 4.79 Å². The van der Waals surface area contributed by atoms with E-state index < -0.39 is 30.5 Å². The molecule has 0 saturated carbocycles. The first-order valence-corrected chi connectivity index (χ1v) is 10.1. The number of carbonyl (C=O) groups excluding carboxylic acids is 1. The molecule has 0 amide bonds. The van der Waals surface area contributed by atoms with E-state index in [9.17, 15) is 36.2 Å². The number of carbonyl (C=O) groups is 1. The third-order valence-electron chi connectivity index (χ3n) is 4.62. The van der Waals surface area contributed by atoms with Crippen molar-refractivity contribution in [2.24, 2.45) is 0 Å². The van der Waals surface area contributed by atoms with Crippen molar-refractivity contribution in [3.05, 3.63) is 12.7 Å². The van der Waals surface area contributed by atoms with Gasteiger partial charge in [0.15, 0.2) is 5.60 Å². The number of unbranched alkanes of at least 4 members (excludes halogenated alkanes) is 12. The smallest absolute Gasteiger partial charge is 0.399 e. The van der Waals surface area contributed by atoms with E-state index in [1.807, 2.05) is 6.08 Å². The first-order valence-electron chi connectivity index (χ1n) is 10.1. The summed E-state index contributed by atoms with van der Waals surface area (Å²) in [5.74, 6) is -2.85. The van der Waals surface area contributed by atoms with Gasteiger partial charge in [0.2, 0.25) is 0 Å². The predicted molar refractivity (Wildman–Crippen MR) is 96.0 cm³/mol. The molecule has 0 bridgehead atoms. The SMILES string of the molecule is C=CCCCCCCCCCCCCCCOC(=O)C([O-])(C(F)(F)F)C(F)(F)F. The molecule has 0 aromatic carbocycles. The van der Waals surface area contributed by atoms with Crippen LogP contribution in [0.4, 0.5) is 26.3 Å². The Labute approximate surface area is 168 Å². The summed E-state index contributed by atoms with van der Waals surface area (Å²) in [5, 5.41) is 11.1. The Balaban J connectivity index is 3.75. The predicted octanol–water partition coefficient (Wildman–Crippen LogP) is 6.01. The average Bonchev–Trinajstić information content (AvgIpc) is 2.62. The zero-order chi connectivity index (χ0) is 22.4. The quantitative estimate of drug-likeness (QED) is 0.130. The molecule has 0 aliphatic carbocycles. The Morgan fingerprint density at radius 3 is 1.41 bits per heavy atom. The van der Waals surface area contributed by atoms with Crippen molar-refractivity contribution in [1.29, 1.82) is 0 Å². The van der Waals surface area contributed by atoms with E-state index in [2.05, 4.69) is 11.3 Å². The lowest BCUT2D eigenvalue weighted by atomic mass is 10.0. The zero-order valence-electron chi connectivity index (χ0n) is 16.7. The summed E-state index contributed by atoms with van der Waals surface area (Å²) in [6.45, 7) is 3.04. The van der Waals surface area contributed by atoms with Crippen molar-refractivity contribution in [2.45, 2.75) is 101 Å². The van der Waals surface area contributed by atoms with Crippen molar-refractivity contribution < 1.29 is 41.0 Å². The lowest BCUT2D eigenvalue weighted by Gasteiger charge is -2.40. The monoisotopic (exact) mass is 433 g/mol. The van der Waals surface area contributed by atoms with Crippen LogP contribution < -0.4 is 5.11 Å². The number of halogens is 6. The molecule has 3 nitrogen and oxygen atoms in total. The van der Waals surface area contributed by atoms with Crippen molar-refractivity contribution in [2.75, 3.05) is 6.61 Å². The fourth-order valence-corrected chi connectivity index (χ4v) is 2.82. The van der Waals surface area contributed by atoms with Gasteiger partial charge in [-0.25, -0.2) is 0 Å². The molecule has 0 saturated heterocycles. The number of rotatable bonds is 16. The molecule has 0 rings (SSSR count). The minimum atomic E-state index is -6.31. The van der Waals surface area contributed by atoms with Crippen LogP contribution in [-0.2, 0) is 9.53 Å². The molecule has 0 spiro atoms. The van der Waals surface area contributed by atoms with Gasteiger partial charge in [-0.1, -0.05) is 70.3 Å². The van der Waals surface area contributed by atoms with Crippen LogP contribution in [-0.4, -0.2) is 30.5 Å². The van der Waals surface area contributed by atoms with Gasteiger partial charge in [0.25, 0.3) is 0 Å². The van der Waals surface area contributed by atoms with Crippen LogP contribution in [0.1, 0.15) is 83.5 Å². The molecule has 9 heteroatoms. The van der Waals surface area contributed by atoms with Crippen LogP contribution in [0.15, 0.2) is 12.7 Å². The van der Waals surface area contributed by atoms with Gasteiger partial charge in [-0.15, -0.1) is 6.58 Å². The van der Waals surface area contributed by atoms with Crippen molar-refractivity contribution in [3.8, 4) is 0 Å². The van der Waals surface area contributed by atoms with E-state index in [-0.39, 0.29) is 6.42 Å². The maximum Gasteiger partial charge on any atom is 0.399 e. The van der Waals surface area contributed by atoms with Gasteiger partial charge < -0.3 is 9.84 Å². The lowest BCUT2D eigenvalue weighted by Crippen LogP contribution is -2.71. The fourth-order valence-electron chi connectivity index (χ4n) is 2.82. The van der Waals surface area contributed by atoms with Crippen LogP contribution in [0, 0.1) is 0 Å². The van der Waals surface area contributed by atoms with E-state index in [4.69, 9.17) is 0 Å². The zero-order valence-corrected chi connectivity index (χ0v) is 16.7. The van der Waals surface area contributed by atoms with Gasteiger partial charge in [0.1, 0.15) is 0 Å². The maximum absolute atomic E-state index is 12.4. The Hall–Kier alpha value is -1.25. The molecule has 0 N–H and O–H groups in total. The molecule has 0 fully saturated rings. The molecule has 0 aromatic heterocycles. The fraction of sp³-hybridized carbons (Fsp3) is 0.850. The second kappa shape index (κ2) is 13.9. The number of ether oxygens (including phenoxy) is 1. The van der Waals surface area contributed by atoms with Gasteiger partial charge in [-0.2, -0.15) is 26.3 Å². The highest BCUT2D eigenvalue weighted by atomic mass is 19.4. The molecule has 0 aromatic rings. The minimum absolute atomic E-state index is 0.113. The maximum atomic E-state index is 12.4. The highest BCUT2D eigenvalue weighted by Crippen LogP contribution is 2.41. The summed E-state index contributed by atoms with van der Waals surface area (Å²) < 4.78 is 78.4. The molecule has 29 heavy (non-hydrogen) atoms. The number of allylic oxidation sites excluding steroid dienone is 1. The van der Waals surface area contributed by atoms with Crippen LogP contribution in [0.25, 0.3) is 0 Å². The topological polar surface area (TPSA) is 49.4 Å². The van der Waals surface area contributed by atoms with Crippen LogP contribution in [0.3, 0.4) is 0 Å². The molecule has 0 unspecified atom stereocenters. The summed E-state index contributed by atoms with van der Waals surface area (Å²) in [6, 6.07) is 0. The highest BCUT2D eigenvalue weighted by molar-refractivity contribution is 5.81. The first-order chi connectivity index (χ1) is 13.5. The van der Waals surface area contributed by atoms with Crippen molar-refractivity contribution >= 4 is 5.97 Å². The number of hydrogen-bond donors (Lipinski definition) is 0. The van der Waals surface area contributed by atoms with Crippen molar-refractivity contribution in [3.63, 3.8) is 0 Å². The van der Waals surface area contributed by atoms with Crippen LogP contribution >= 0.6 is 0 Å². The Morgan fingerprint density at radius 1 is 0.724 bits per heavy atom. The highest BCUT2D eigenvalue weighted by Gasteiger charge is 2.68. The summed E-state index contributed by atoms with van der Waals surface area (Å²) >= 11 is 0. The summed E-state index contributed by atoms with van der Waals surface area (Å²) in [4.78, 5) is 11.1. The molecule has 0 atom stereocenters. The van der Waals surface area contributed by atoms with Crippen LogP contribution in [0.2, 0.25) is 0 Å². The third-order valence-corrected chi connectivity index (χ3v) is 4.62. The van der Waals surface area contributed by atoms with E-state index in [1.165, 1.54) is 32.1 Å². The molecule has 0 aliphatic rings. The number of alkyl halides is 6. The Bertz CT molecular complexity index is 446. The van der Waals surface area contributed by atoms with Crippen LogP contribution in [0.5, 0.6) is 0 Å². The van der Waals surface area contributed by atoms with E-state index in [0.29, 0.717) is 6.42 Å². The summed E-state index contributed by atoms with van der Waals surface area (Å²) in [5.41, 5.74) is -5.74. The van der Waals surface area contributed by atoms with Gasteiger partial charge in [0.05, 0.1) is 6.61 Å². The Kier molecular flexibility index (Phi) is 13.3. The first kappa shape index (κ1) is 27.8. The molecule has 172 valence electrons. The largest absolute Gasteiger partial charge is 0.828 e. The number of hydrogen-bond acceptors (Lipinski definition) is 3. The average molecular weight is 433 g/mol. The van der Waals surface area contributed by atoms with Gasteiger partial charge in [-0.05, 0) is 19.3 Å².